The second kappa shape index (κ2) is 8.99. The van der Waals surface area contributed by atoms with Crippen LogP contribution in [-0.4, -0.2) is 29.1 Å². The number of aromatic nitrogens is 2. The van der Waals surface area contributed by atoms with Crippen molar-refractivity contribution in [3.8, 4) is 0 Å². The van der Waals surface area contributed by atoms with Crippen LogP contribution in [0.5, 0.6) is 0 Å². The second-order valence-electron chi connectivity index (χ2n) is 7.60. The Hall–Kier alpha value is -3.68. The monoisotopic (exact) mass is 420 g/mol. The molecule has 7 nitrogen and oxygen atoms in total. The van der Waals surface area contributed by atoms with Crippen LogP contribution in [0.25, 0.3) is 0 Å². The third-order valence-corrected chi connectivity index (χ3v) is 5.10. The molecular weight excluding hydrogens is 395 g/mol. The molecule has 2 amide bonds. The highest BCUT2D eigenvalue weighted by molar-refractivity contribution is 5.99. The van der Waals surface area contributed by atoms with Crippen LogP contribution in [0.2, 0.25) is 0 Å². The number of hydrogen-bond donors (Lipinski definition) is 3. The maximum atomic E-state index is 13.6. The van der Waals surface area contributed by atoms with Crippen LogP contribution >= 0.6 is 0 Å². The van der Waals surface area contributed by atoms with Gasteiger partial charge in [0, 0.05) is 36.2 Å². The van der Waals surface area contributed by atoms with E-state index in [1.54, 1.807) is 31.2 Å². The van der Waals surface area contributed by atoms with Gasteiger partial charge in [-0.2, -0.15) is 0 Å². The fourth-order valence-corrected chi connectivity index (χ4v) is 3.47. The number of aryl methyl sites for hydroxylation is 2. The number of benzene rings is 2. The van der Waals surface area contributed by atoms with E-state index in [0.717, 1.165) is 36.2 Å². The van der Waals surface area contributed by atoms with Gasteiger partial charge in [0.2, 0.25) is 0 Å². The van der Waals surface area contributed by atoms with Crippen molar-refractivity contribution in [2.75, 3.05) is 33.9 Å². The molecular formula is C23H25FN6O. The molecule has 3 N–H and O–H groups in total. The lowest BCUT2D eigenvalue weighted by Gasteiger charge is -2.18. The Morgan fingerprint density at radius 3 is 2.26 bits per heavy atom. The van der Waals surface area contributed by atoms with Gasteiger partial charge in [-0.25, -0.2) is 19.2 Å². The number of anilines is 5. The predicted octanol–water partition coefficient (Wildman–Crippen LogP) is 5.22. The minimum atomic E-state index is -0.439. The number of nitrogens with one attached hydrogen (secondary N) is 3. The number of rotatable bonds is 5. The number of nitrogens with zero attached hydrogens (tertiary/aromatic N) is 3. The summed E-state index contributed by atoms with van der Waals surface area (Å²) in [5.41, 5.74) is 2.39. The predicted molar refractivity (Wildman–Crippen MR) is 122 cm³/mol. The van der Waals surface area contributed by atoms with Gasteiger partial charge in [-0.15, -0.1) is 0 Å². The van der Waals surface area contributed by atoms with Crippen molar-refractivity contribution >= 4 is 34.7 Å². The number of carbonyl (C=O) groups excluding carboxylic acids is 1. The summed E-state index contributed by atoms with van der Waals surface area (Å²) in [5.74, 6) is 2.03. The molecule has 0 atom stereocenters. The van der Waals surface area contributed by atoms with Crippen LogP contribution < -0.4 is 20.9 Å². The van der Waals surface area contributed by atoms with Crippen molar-refractivity contribution in [3.63, 3.8) is 0 Å². The summed E-state index contributed by atoms with van der Waals surface area (Å²) < 4.78 is 13.6. The number of amides is 2. The smallest absolute Gasteiger partial charge is 0.323 e. The van der Waals surface area contributed by atoms with Gasteiger partial charge >= 0.3 is 6.03 Å². The summed E-state index contributed by atoms with van der Waals surface area (Å²) in [5, 5.41) is 8.66. The summed E-state index contributed by atoms with van der Waals surface area (Å²) in [6, 6.07) is 13.4. The second-order valence-corrected chi connectivity index (χ2v) is 7.60. The molecule has 0 saturated carbocycles. The van der Waals surface area contributed by atoms with Crippen LogP contribution in [0, 0.1) is 19.7 Å². The molecule has 0 unspecified atom stereocenters. The molecule has 160 valence electrons. The van der Waals surface area contributed by atoms with Gasteiger partial charge in [0.05, 0.1) is 0 Å². The van der Waals surface area contributed by atoms with Crippen molar-refractivity contribution in [1.82, 2.24) is 9.97 Å². The zero-order valence-electron chi connectivity index (χ0n) is 17.6. The topological polar surface area (TPSA) is 82.2 Å². The number of hydrogen-bond acceptors (Lipinski definition) is 5. The largest absolute Gasteiger partial charge is 0.356 e. The van der Waals surface area contributed by atoms with Crippen LogP contribution in [0.3, 0.4) is 0 Å². The molecule has 3 aromatic rings. The van der Waals surface area contributed by atoms with Crippen LogP contribution in [-0.2, 0) is 0 Å². The van der Waals surface area contributed by atoms with E-state index in [9.17, 15) is 9.18 Å². The first kappa shape index (κ1) is 20.6. The Balaban J connectivity index is 1.38. The third-order valence-electron chi connectivity index (χ3n) is 5.10. The first-order chi connectivity index (χ1) is 15.0. The van der Waals surface area contributed by atoms with E-state index < -0.39 is 6.03 Å². The molecule has 2 aromatic carbocycles. The van der Waals surface area contributed by atoms with Crippen molar-refractivity contribution < 1.29 is 9.18 Å². The molecule has 2 heterocycles. The first-order valence-electron chi connectivity index (χ1n) is 10.3. The standard InChI is InChI=1S/C23H25FN6O/c1-15-5-6-19(13-20(15)24)29-23(31)28-18-9-7-17(8-10-18)27-21-14-22(26-16(2)25-21)30-11-3-4-12-30/h5-10,13-14H,3-4,11-12H2,1-2H3,(H,25,26,27)(H2,28,29,31). The van der Waals surface area contributed by atoms with Crippen LogP contribution in [0.15, 0.2) is 48.5 Å². The van der Waals surface area contributed by atoms with E-state index in [2.05, 4.69) is 30.8 Å². The van der Waals surface area contributed by atoms with Gasteiger partial charge in [0.1, 0.15) is 23.3 Å². The zero-order chi connectivity index (χ0) is 21.8. The minimum Gasteiger partial charge on any atom is -0.356 e. The molecule has 1 saturated heterocycles. The Morgan fingerprint density at radius 1 is 0.903 bits per heavy atom. The van der Waals surface area contributed by atoms with E-state index in [0.29, 0.717) is 16.9 Å². The van der Waals surface area contributed by atoms with E-state index in [-0.39, 0.29) is 5.82 Å². The quantitative estimate of drug-likeness (QED) is 0.527. The molecule has 0 radical (unpaired) electrons. The van der Waals surface area contributed by atoms with Crippen molar-refractivity contribution in [2.24, 2.45) is 0 Å². The summed E-state index contributed by atoms with van der Waals surface area (Å²) in [4.78, 5) is 23.5. The zero-order valence-corrected chi connectivity index (χ0v) is 17.6. The van der Waals surface area contributed by atoms with Gasteiger partial charge in [0.25, 0.3) is 0 Å². The van der Waals surface area contributed by atoms with E-state index in [1.807, 2.05) is 25.1 Å². The van der Waals surface area contributed by atoms with Gasteiger partial charge in [-0.3, -0.25) is 0 Å². The van der Waals surface area contributed by atoms with Crippen molar-refractivity contribution in [2.45, 2.75) is 26.7 Å². The van der Waals surface area contributed by atoms with Gasteiger partial charge in [-0.05, 0) is 68.7 Å². The highest BCUT2D eigenvalue weighted by atomic mass is 19.1. The summed E-state index contributed by atoms with van der Waals surface area (Å²) in [7, 11) is 0. The van der Waals surface area contributed by atoms with E-state index in [4.69, 9.17) is 0 Å². The molecule has 1 aliphatic heterocycles. The Kier molecular flexibility index (Phi) is 5.97. The Bertz CT molecular complexity index is 1080. The average Bonchev–Trinajstić information content (AvgIpc) is 3.27. The minimum absolute atomic E-state index is 0.360. The maximum absolute atomic E-state index is 13.6. The average molecular weight is 420 g/mol. The molecule has 0 bridgehead atoms. The lowest BCUT2D eigenvalue weighted by Crippen LogP contribution is -2.20. The molecule has 0 spiro atoms. The van der Waals surface area contributed by atoms with Gasteiger partial charge in [-0.1, -0.05) is 6.07 Å². The van der Waals surface area contributed by atoms with Crippen molar-refractivity contribution in [3.05, 3.63) is 65.7 Å². The maximum Gasteiger partial charge on any atom is 0.323 e. The molecule has 4 rings (SSSR count). The summed E-state index contributed by atoms with van der Waals surface area (Å²) in [6.45, 7) is 5.60. The fraction of sp³-hybridized carbons (Fsp3) is 0.261. The fourth-order valence-electron chi connectivity index (χ4n) is 3.47. The van der Waals surface area contributed by atoms with E-state index >= 15 is 0 Å². The van der Waals surface area contributed by atoms with Gasteiger partial charge in [0.15, 0.2) is 0 Å². The number of halogens is 1. The molecule has 8 heteroatoms. The molecule has 1 fully saturated rings. The normalized spacial score (nSPS) is 13.2. The number of urea groups is 1. The first-order valence-corrected chi connectivity index (χ1v) is 10.3. The third kappa shape index (κ3) is 5.28. The van der Waals surface area contributed by atoms with Crippen LogP contribution in [0.1, 0.15) is 24.2 Å². The van der Waals surface area contributed by atoms with Crippen LogP contribution in [0.4, 0.5) is 37.9 Å². The highest BCUT2D eigenvalue weighted by Gasteiger charge is 2.15. The van der Waals surface area contributed by atoms with E-state index in [1.165, 1.54) is 18.9 Å². The Labute approximate surface area is 180 Å². The highest BCUT2D eigenvalue weighted by Crippen LogP contribution is 2.23. The molecule has 1 aliphatic rings. The summed E-state index contributed by atoms with van der Waals surface area (Å²) >= 11 is 0. The SMILES string of the molecule is Cc1nc(Nc2ccc(NC(=O)Nc3ccc(C)c(F)c3)cc2)cc(N2CCCC2)n1. The number of carbonyl (C=O) groups is 1. The lowest BCUT2D eigenvalue weighted by atomic mass is 10.2. The van der Waals surface area contributed by atoms with Crippen molar-refractivity contribution in [1.29, 1.82) is 0 Å². The van der Waals surface area contributed by atoms with Gasteiger partial charge < -0.3 is 20.9 Å². The molecule has 0 aliphatic carbocycles. The lowest BCUT2D eigenvalue weighted by molar-refractivity contribution is 0.262. The summed E-state index contributed by atoms with van der Waals surface area (Å²) in [6.07, 6.45) is 2.37. The Morgan fingerprint density at radius 2 is 1.55 bits per heavy atom. The molecule has 31 heavy (non-hydrogen) atoms. The molecule has 1 aromatic heterocycles.